The molecule has 262 valence electrons. The predicted octanol–water partition coefficient (Wildman–Crippen LogP) is 12.7. The molecule has 6 heteroatoms. The Morgan fingerprint density at radius 3 is 1.68 bits per heavy atom. The lowest BCUT2D eigenvalue weighted by atomic mass is 10.0. The van der Waals surface area contributed by atoms with Crippen LogP contribution in [-0.4, -0.2) is 24.1 Å². The van der Waals surface area contributed by atoms with E-state index in [1.165, 1.54) is 16.2 Å². The second-order valence-corrected chi connectivity index (χ2v) is 14.3. The molecular weight excluding hydrogens is 687 g/mol. The number of rotatable bonds is 5. The highest BCUT2D eigenvalue weighted by molar-refractivity contribution is 6.17. The molecule has 4 heterocycles. The summed E-state index contributed by atoms with van der Waals surface area (Å²) in [6.07, 6.45) is 0. The van der Waals surface area contributed by atoms with Gasteiger partial charge < -0.3 is 13.6 Å². The van der Waals surface area contributed by atoms with Gasteiger partial charge in [0.25, 0.3) is 0 Å². The summed E-state index contributed by atoms with van der Waals surface area (Å²) in [6.45, 7) is 0. The zero-order valence-electron chi connectivity index (χ0n) is 30.0. The maximum absolute atomic E-state index is 6.34. The van der Waals surface area contributed by atoms with Crippen molar-refractivity contribution < 1.29 is 4.42 Å². The topological polar surface area (TPSA) is 53.7 Å². The minimum absolute atomic E-state index is 0.850. The number of hydrogen-bond acceptors (Lipinski definition) is 3. The summed E-state index contributed by atoms with van der Waals surface area (Å²) in [7, 11) is 0. The normalized spacial score (nSPS) is 11.9. The van der Waals surface area contributed by atoms with Crippen molar-refractivity contribution in [3.63, 3.8) is 0 Å². The smallest absolute Gasteiger partial charge is 0.136 e. The van der Waals surface area contributed by atoms with Gasteiger partial charge in [0.05, 0.1) is 27.8 Å². The monoisotopic (exact) mass is 717 g/mol. The van der Waals surface area contributed by atoms with Gasteiger partial charge in [0.15, 0.2) is 0 Å². The van der Waals surface area contributed by atoms with E-state index in [1.54, 1.807) is 0 Å². The van der Waals surface area contributed by atoms with Crippen molar-refractivity contribution >= 4 is 65.6 Å². The second-order valence-electron chi connectivity index (χ2n) is 14.3. The number of aromatic nitrogens is 5. The SMILES string of the molecule is c1ccc(-c2nnn(-c3ccc4c(c3)c3ccccc3n4-c3cccc(-n4c5ccccc5c5cc6oc7ccccc7c6cc54)c3)c2-c2ccccc2)cc1. The van der Waals surface area contributed by atoms with Gasteiger partial charge in [-0.05, 0) is 66.7 Å². The van der Waals surface area contributed by atoms with Crippen molar-refractivity contribution in [3.8, 4) is 39.6 Å². The molecule has 6 nitrogen and oxygen atoms in total. The number of hydrogen-bond donors (Lipinski definition) is 0. The fraction of sp³-hybridized carbons (Fsp3) is 0. The van der Waals surface area contributed by atoms with Crippen molar-refractivity contribution in [2.45, 2.75) is 0 Å². The van der Waals surface area contributed by atoms with Gasteiger partial charge in [-0.3, -0.25) is 0 Å². The zero-order valence-corrected chi connectivity index (χ0v) is 30.0. The zero-order chi connectivity index (χ0) is 36.7. The van der Waals surface area contributed by atoms with Crippen LogP contribution in [0.4, 0.5) is 0 Å². The molecule has 0 bridgehead atoms. The average molecular weight is 718 g/mol. The molecule has 56 heavy (non-hydrogen) atoms. The summed E-state index contributed by atoms with van der Waals surface area (Å²) in [4.78, 5) is 0. The fourth-order valence-corrected chi connectivity index (χ4v) is 8.72. The molecule has 0 N–H and O–H groups in total. The van der Waals surface area contributed by atoms with Crippen LogP contribution < -0.4 is 0 Å². The summed E-state index contributed by atoms with van der Waals surface area (Å²) in [5.74, 6) is 0. The van der Waals surface area contributed by atoms with Gasteiger partial charge in [-0.25, -0.2) is 4.68 Å². The first-order valence-corrected chi connectivity index (χ1v) is 18.8. The van der Waals surface area contributed by atoms with Crippen molar-refractivity contribution in [2.24, 2.45) is 0 Å². The molecule has 0 spiro atoms. The predicted molar refractivity (Wildman–Crippen MR) is 228 cm³/mol. The molecule has 12 aromatic rings. The van der Waals surface area contributed by atoms with Crippen LogP contribution >= 0.6 is 0 Å². The third kappa shape index (κ3) is 4.50. The molecule has 0 unspecified atom stereocenters. The van der Waals surface area contributed by atoms with Gasteiger partial charge in [-0.15, -0.1) is 5.10 Å². The van der Waals surface area contributed by atoms with Gasteiger partial charge >= 0.3 is 0 Å². The van der Waals surface area contributed by atoms with Gasteiger partial charge in [0, 0.05) is 54.8 Å². The maximum Gasteiger partial charge on any atom is 0.136 e. The van der Waals surface area contributed by atoms with Crippen LogP contribution in [0.1, 0.15) is 0 Å². The maximum atomic E-state index is 6.34. The average Bonchev–Trinajstić information content (AvgIpc) is 4.03. The summed E-state index contributed by atoms with van der Waals surface area (Å²) < 4.78 is 13.1. The van der Waals surface area contributed by atoms with Gasteiger partial charge in [0.2, 0.25) is 0 Å². The summed E-state index contributed by atoms with van der Waals surface area (Å²) in [5, 5.41) is 16.4. The first-order valence-electron chi connectivity index (χ1n) is 18.8. The summed E-state index contributed by atoms with van der Waals surface area (Å²) in [5.41, 5.74) is 13.4. The number of furan rings is 1. The van der Waals surface area contributed by atoms with Crippen molar-refractivity contribution in [1.29, 1.82) is 0 Å². The Morgan fingerprint density at radius 1 is 0.357 bits per heavy atom. The Bertz CT molecular complexity index is 3480. The van der Waals surface area contributed by atoms with E-state index < -0.39 is 0 Å². The molecule has 0 aliphatic rings. The van der Waals surface area contributed by atoms with E-state index in [1.807, 2.05) is 41.1 Å². The Hall–Kier alpha value is -7.70. The third-order valence-corrected chi connectivity index (χ3v) is 11.2. The summed E-state index contributed by atoms with van der Waals surface area (Å²) in [6, 6.07) is 66.3. The van der Waals surface area contributed by atoms with Crippen molar-refractivity contribution in [3.05, 3.63) is 188 Å². The van der Waals surface area contributed by atoms with E-state index in [9.17, 15) is 0 Å². The standard InChI is InChI=1S/C50H31N5O/c1-3-14-32(15-4-1)49-50(33-16-5-2-6-17-33)55(52-51-49)36-26-27-45-40(29-36)37-20-7-10-23-43(37)53(45)34-18-13-19-35(28-34)54-44-24-11-8-21-38(44)41-31-48-42(30-46(41)54)39-22-9-12-25-47(39)56-48/h1-31H. The quantitative estimate of drug-likeness (QED) is 0.178. The molecule has 0 saturated heterocycles. The lowest BCUT2D eigenvalue weighted by Gasteiger charge is -2.13. The van der Waals surface area contributed by atoms with Crippen LogP contribution in [0.25, 0.3) is 105 Å². The van der Waals surface area contributed by atoms with Crippen molar-refractivity contribution in [1.82, 2.24) is 24.1 Å². The van der Waals surface area contributed by atoms with Crippen LogP contribution in [0.3, 0.4) is 0 Å². The van der Waals surface area contributed by atoms with Crippen LogP contribution in [0.5, 0.6) is 0 Å². The Morgan fingerprint density at radius 2 is 0.946 bits per heavy atom. The molecule has 0 radical (unpaired) electrons. The van der Waals surface area contributed by atoms with E-state index in [2.05, 4.69) is 161 Å². The highest BCUT2D eigenvalue weighted by Gasteiger charge is 2.21. The molecule has 8 aromatic carbocycles. The highest BCUT2D eigenvalue weighted by Crippen LogP contribution is 2.40. The highest BCUT2D eigenvalue weighted by atomic mass is 16.3. The first kappa shape index (κ1) is 30.7. The lowest BCUT2D eigenvalue weighted by molar-refractivity contribution is 0.669. The molecule has 12 rings (SSSR count). The number of benzene rings is 8. The molecule has 0 atom stereocenters. The molecule has 0 aliphatic carbocycles. The van der Waals surface area contributed by atoms with Crippen LogP contribution in [0.15, 0.2) is 192 Å². The van der Waals surface area contributed by atoms with Crippen LogP contribution in [0.2, 0.25) is 0 Å². The number of fused-ring (bicyclic) bond motifs is 9. The molecule has 4 aromatic heterocycles. The first-order chi connectivity index (χ1) is 27.8. The number of para-hydroxylation sites is 3. The van der Waals surface area contributed by atoms with E-state index in [0.717, 1.165) is 89.0 Å². The largest absolute Gasteiger partial charge is 0.456 e. The van der Waals surface area contributed by atoms with Crippen LogP contribution in [0, 0.1) is 0 Å². The molecule has 0 saturated carbocycles. The van der Waals surface area contributed by atoms with Crippen LogP contribution in [-0.2, 0) is 0 Å². The fourth-order valence-electron chi connectivity index (χ4n) is 8.72. The van der Waals surface area contributed by atoms with E-state index >= 15 is 0 Å². The minimum atomic E-state index is 0.850. The van der Waals surface area contributed by atoms with Gasteiger partial charge in [-0.1, -0.05) is 127 Å². The van der Waals surface area contributed by atoms with Gasteiger partial charge in [-0.2, -0.15) is 0 Å². The molecule has 0 amide bonds. The molecule has 0 fully saturated rings. The third-order valence-electron chi connectivity index (χ3n) is 11.2. The van der Waals surface area contributed by atoms with E-state index in [-0.39, 0.29) is 0 Å². The Balaban J connectivity index is 1.06. The van der Waals surface area contributed by atoms with E-state index in [0.29, 0.717) is 0 Å². The van der Waals surface area contributed by atoms with E-state index in [4.69, 9.17) is 14.7 Å². The molecule has 0 aliphatic heterocycles. The Labute approximate surface area is 320 Å². The van der Waals surface area contributed by atoms with Crippen molar-refractivity contribution in [2.75, 3.05) is 0 Å². The second kappa shape index (κ2) is 11.9. The Kier molecular flexibility index (Phi) is 6.53. The summed E-state index contributed by atoms with van der Waals surface area (Å²) >= 11 is 0. The van der Waals surface area contributed by atoms with Gasteiger partial charge in [0.1, 0.15) is 22.6 Å². The minimum Gasteiger partial charge on any atom is -0.456 e. The lowest BCUT2D eigenvalue weighted by Crippen LogP contribution is -2.00. The molecular formula is C50H31N5O. The number of nitrogens with zero attached hydrogens (tertiary/aromatic N) is 5.